The largest absolute Gasteiger partial charge is 0.467 e. The van der Waals surface area contributed by atoms with Gasteiger partial charge in [0.2, 0.25) is 0 Å². The van der Waals surface area contributed by atoms with E-state index in [1.54, 1.807) is 4.90 Å². The number of hydrogen-bond donors (Lipinski definition) is 0. The number of carbonyl (C=O) groups is 1. The lowest BCUT2D eigenvalue weighted by Crippen LogP contribution is -2.53. The summed E-state index contributed by atoms with van der Waals surface area (Å²) in [6, 6.07) is 7.71. The molecule has 0 N–H and O–H groups in total. The number of nitriles is 1. The predicted octanol–water partition coefficient (Wildman–Crippen LogP) is 2.33. The number of rotatable bonds is 2. The molecule has 0 radical (unpaired) electrons. The molecule has 0 aromatic heterocycles. The number of ether oxygens (including phenoxy) is 1. The van der Waals surface area contributed by atoms with Crippen LogP contribution >= 0.6 is 0 Å². The Morgan fingerprint density at radius 2 is 2.16 bits per heavy atom. The predicted molar refractivity (Wildman–Crippen MR) is 71.0 cm³/mol. The lowest BCUT2D eigenvalue weighted by atomic mass is 9.78. The summed E-state index contributed by atoms with van der Waals surface area (Å²) in [5.74, 6) is -0.344. The third kappa shape index (κ3) is 2.06. The van der Waals surface area contributed by atoms with E-state index in [9.17, 15) is 10.1 Å². The summed E-state index contributed by atoms with van der Waals surface area (Å²) in [4.78, 5) is 14.0. The maximum Gasteiger partial charge on any atom is 0.337 e. The third-order valence-corrected chi connectivity index (χ3v) is 3.87. The highest BCUT2D eigenvalue weighted by molar-refractivity contribution is 5.83. The van der Waals surface area contributed by atoms with Crippen molar-refractivity contribution in [2.45, 2.75) is 31.7 Å². The van der Waals surface area contributed by atoms with E-state index in [1.807, 2.05) is 31.2 Å². The van der Waals surface area contributed by atoms with Gasteiger partial charge in [-0.25, -0.2) is 4.79 Å². The molecule has 1 unspecified atom stereocenters. The molecule has 1 saturated heterocycles. The van der Waals surface area contributed by atoms with Gasteiger partial charge in [0, 0.05) is 6.54 Å². The van der Waals surface area contributed by atoms with Crippen molar-refractivity contribution in [2.75, 3.05) is 13.7 Å². The zero-order valence-electron chi connectivity index (χ0n) is 11.3. The smallest absolute Gasteiger partial charge is 0.337 e. The minimum Gasteiger partial charge on any atom is -0.467 e. The van der Waals surface area contributed by atoms with E-state index in [0.29, 0.717) is 13.0 Å². The summed E-state index contributed by atoms with van der Waals surface area (Å²) in [6.45, 7) is 2.56. The second kappa shape index (κ2) is 5.31. The van der Waals surface area contributed by atoms with Gasteiger partial charge in [0.15, 0.2) is 11.7 Å². The van der Waals surface area contributed by atoms with Crippen LogP contribution in [0.4, 0.5) is 0 Å². The van der Waals surface area contributed by atoms with Crippen molar-refractivity contribution in [1.29, 1.82) is 5.26 Å². The van der Waals surface area contributed by atoms with Gasteiger partial charge in [-0.3, -0.25) is 4.90 Å². The number of aryl methyl sites for hydroxylation is 1. The quantitative estimate of drug-likeness (QED) is 0.603. The van der Waals surface area contributed by atoms with E-state index in [2.05, 4.69) is 6.19 Å². The minimum atomic E-state index is -0.951. The highest BCUT2D eigenvalue weighted by atomic mass is 16.5. The molecule has 1 fully saturated rings. The lowest BCUT2D eigenvalue weighted by molar-refractivity contribution is -0.156. The summed E-state index contributed by atoms with van der Waals surface area (Å²) >= 11 is 0. The van der Waals surface area contributed by atoms with Gasteiger partial charge in [0.1, 0.15) is 0 Å². The van der Waals surface area contributed by atoms with E-state index in [0.717, 1.165) is 24.0 Å². The topological polar surface area (TPSA) is 53.3 Å². The van der Waals surface area contributed by atoms with E-state index >= 15 is 0 Å². The Morgan fingerprint density at radius 3 is 2.79 bits per heavy atom. The van der Waals surface area contributed by atoms with Gasteiger partial charge in [-0.15, -0.1) is 0 Å². The van der Waals surface area contributed by atoms with Crippen LogP contribution in [0.3, 0.4) is 0 Å². The molecular weight excluding hydrogens is 240 g/mol. The summed E-state index contributed by atoms with van der Waals surface area (Å²) in [7, 11) is 1.38. The molecule has 19 heavy (non-hydrogen) atoms. The zero-order chi connectivity index (χ0) is 13.9. The molecule has 2 rings (SSSR count). The summed E-state index contributed by atoms with van der Waals surface area (Å²) < 4.78 is 5.00. The lowest BCUT2D eigenvalue weighted by Gasteiger charge is -2.42. The van der Waals surface area contributed by atoms with Crippen molar-refractivity contribution in [1.82, 2.24) is 4.90 Å². The Kier molecular flexibility index (Phi) is 3.75. The second-order valence-corrected chi connectivity index (χ2v) is 4.88. The van der Waals surface area contributed by atoms with E-state index in [-0.39, 0.29) is 5.97 Å². The second-order valence-electron chi connectivity index (χ2n) is 4.88. The normalized spacial score (nSPS) is 22.7. The monoisotopic (exact) mass is 258 g/mol. The summed E-state index contributed by atoms with van der Waals surface area (Å²) in [5, 5.41) is 9.39. The minimum absolute atomic E-state index is 0.344. The Morgan fingerprint density at radius 1 is 1.42 bits per heavy atom. The first-order valence-corrected chi connectivity index (χ1v) is 6.48. The van der Waals surface area contributed by atoms with Crippen LogP contribution < -0.4 is 0 Å². The molecule has 0 bridgehead atoms. The molecule has 0 spiro atoms. The van der Waals surface area contributed by atoms with Crippen molar-refractivity contribution in [3.05, 3.63) is 35.4 Å². The number of methoxy groups -OCH3 is 1. The van der Waals surface area contributed by atoms with Crippen LogP contribution in [0.25, 0.3) is 0 Å². The molecule has 1 aromatic rings. The average Bonchev–Trinajstić information content (AvgIpc) is 2.46. The van der Waals surface area contributed by atoms with Crippen LogP contribution in [0.15, 0.2) is 24.3 Å². The first kappa shape index (κ1) is 13.4. The van der Waals surface area contributed by atoms with Crippen LogP contribution in [-0.2, 0) is 15.1 Å². The SMILES string of the molecule is COC(=O)C1(c2ccccc2C)CCCCN1C#N. The maximum absolute atomic E-state index is 12.4. The maximum atomic E-state index is 12.4. The fourth-order valence-corrected chi connectivity index (χ4v) is 2.92. The summed E-state index contributed by atoms with van der Waals surface area (Å²) in [5.41, 5.74) is 0.936. The van der Waals surface area contributed by atoms with Crippen LogP contribution in [0, 0.1) is 18.4 Å². The van der Waals surface area contributed by atoms with Crippen LogP contribution in [0.5, 0.6) is 0 Å². The molecule has 0 aliphatic carbocycles. The standard InChI is InChI=1S/C15H18N2O2/c1-12-7-3-4-8-13(12)15(14(18)19-2)9-5-6-10-17(15)11-16/h3-4,7-8H,5-6,9-10H2,1-2H3. The average molecular weight is 258 g/mol. The highest BCUT2D eigenvalue weighted by Gasteiger charge is 2.48. The highest BCUT2D eigenvalue weighted by Crippen LogP contribution is 2.39. The zero-order valence-corrected chi connectivity index (χ0v) is 11.3. The van der Waals surface area contributed by atoms with Crippen molar-refractivity contribution in [3.8, 4) is 6.19 Å². The molecule has 4 heteroatoms. The van der Waals surface area contributed by atoms with Gasteiger partial charge in [0.05, 0.1) is 7.11 Å². The number of hydrogen-bond acceptors (Lipinski definition) is 4. The number of nitrogens with zero attached hydrogens (tertiary/aromatic N) is 2. The number of benzene rings is 1. The molecule has 1 aliphatic heterocycles. The van der Waals surface area contributed by atoms with Crippen molar-refractivity contribution in [3.63, 3.8) is 0 Å². The Balaban J connectivity index is 2.61. The molecule has 0 saturated carbocycles. The number of esters is 1. The molecule has 100 valence electrons. The number of piperidine rings is 1. The Bertz CT molecular complexity index is 521. The van der Waals surface area contributed by atoms with Gasteiger partial charge in [-0.05, 0) is 37.3 Å². The van der Waals surface area contributed by atoms with E-state index in [1.165, 1.54) is 7.11 Å². The van der Waals surface area contributed by atoms with Crippen LogP contribution in [0.2, 0.25) is 0 Å². The van der Waals surface area contributed by atoms with Crippen molar-refractivity contribution < 1.29 is 9.53 Å². The molecule has 4 nitrogen and oxygen atoms in total. The third-order valence-electron chi connectivity index (χ3n) is 3.87. The summed E-state index contributed by atoms with van der Waals surface area (Å²) in [6.07, 6.45) is 4.64. The number of likely N-dealkylation sites (tertiary alicyclic amines) is 1. The van der Waals surface area contributed by atoms with Gasteiger partial charge >= 0.3 is 5.97 Å². The van der Waals surface area contributed by atoms with Crippen molar-refractivity contribution in [2.24, 2.45) is 0 Å². The van der Waals surface area contributed by atoms with Crippen LogP contribution in [0.1, 0.15) is 30.4 Å². The van der Waals surface area contributed by atoms with Crippen LogP contribution in [-0.4, -0.2) is 24.5 Å². The molecular formula is C15H18N2O2. The fraction of sp³-hybridized carbons (Fsp3) is 0.467. The van der Waals surface area contributed by atoms with Gasteiger partial charge in [-0.1, -0.05) is 24.3 Å². The van der Waals surface area contributed by atoms with E-state index < -0.39 is 5.54 Å². The van der Waals surface area contributed by atoms with E-state index in [4.69, 9.17) is 4.74 Å². The molecule has 1 aromatic carbocycles. The fourth-order valence-electron chi connectivity index (χ4n) is 2.92. The van der Waals surface area contributed by atoms with Crippen molar-refractivity contribution >= 4 is 5.97 Å². The Hall–Kier alpha value is -2.02. The number of carbonyl (C=O) groups excluding carboxylic acids is 1. The van der Waals surface area contributed by atoms with Gasteiger partial charge in [0.25, 0.3) is 0 Å². The first-order chi connectivity index (χ1) is 9.16. The van der Waals surface area contributed by atoms with Gasteiger partial charge in [-0.2, -0.15) is 5.26 Å². The Labute approximate surface area is 113 Å². The van der Waals surface area contributed by atoms with Gasteiger partial charge < -0.3 is 4.74 Å². The molecule has 1 heterocycles. The molecule has 0 amide bonds. The first-order valence-electron chi connectivity index (χ1n) is 6.48. The molecule has 1 aliphatic rings. The molecule has 1 atom stereocenters.